The van der Waals surface area contributed by atoms with Crippen molar-refractivity contribution in [3.63, 3.8) is 0 Å². The van der Waals surface area contributed by atoms with E-state index in [1.165, 1.54) is 0 Å². The first-order chi connectivity index (χ1) is 7.34. The van der Waals surface area contributed by atoms with Gasteiger partial charge in [0.05, 0.1) is 24.7 Å². The Balaban J connectivity index is 1.82. The largest absolute Gasteiger partial charge is 0.497 e. The van der Waals surface area contributed by atoms with E-state index >= 15 is 0 Å². The maximum atomic E-state index is 5.69. The first-order valence-electron chi connectivity index (χ1n) is 5.00. The molecule has 0 spiro atoms. The molecule has 2 heterocycles. The molecule has 80 valence electrons. The number of nitrogens with one attached hydrogen (secondary N) is 1. The van der Waals surface area contributed by atoms with Crippen molar-refractivity contribution in [2.24, 2.45) is 0 Å². The van der Waals surface area contributed by atoms with Crippen molar-refractivity contribution in [3.05, 3.63) is 35.8 Å². The van der Waals surface area contributed by atoms with E-state index in [4.69, 9.17) is 16.3 Å². The van der Waals surface area contributed by atoms with Gasteiger partial charge in [0.25, 0.3) is 0 Å². The minimum atomic E-state index is 0.255. The SMILES string of the molecule is Clc1ccc(NCC2CCC=CO2)cn1. The molecule has 1 aromatic rings. The first kappa shape index (κ1) is 10.3. The standard InChI is InChI=1S/C11H13ClN2O/c12-11-5-4-9(7-14-11)13-8-10-3-1-2-6-15-10/h2,4-7,10,13H,1,3,8H2. The summed E-state index contributed by atoms with van der Waals surface area (Å²) in [4.78, 5) is 3.99. The van der Waals surface area contributed by atoms with Gasteiger partial charge >= 0.3 is 0 Å². The summed E-state index contributed by atoms with van der Waals surface area (Å²) in [6.07, 6.45) is 7.94. The van der Waals surface area contributed by atoms with Gasteiger partial charge in [-0.15, -0.1) is 0 Å². The molecule has 0 amide bonds. The van der Waals surface area contributed by atoms with Gasteiger partial charge in [-0.3, -0.25) is 0 Å². The van der Waals surface area contributed by atoms with Crippen LogP contribution in [-0.4, -0.2) is 17.6 Å². The van der Waals surface area contributed by atoms with Crippen LogP contribution < -0.4 is 5.32 Å². The predicted molar refractivity (Wildman–Crippen MR) is 61.0 cm³/mol. The first-order valence-corrected chi connectivity index (χ1v) is 5.38. The maximum Gasteiger partial charge on any atom is 0.129 e. The summed E-state index contributed by atoms with van der Waals surface area (Å²) in [7, 11) is 0. The zero-order valence-corrected chi connectivity index (χ0v) is 9.07. The summed E-state index contributed by atoms with van der Waals surface area (Å²) in [5.41, 5.74) is 0.970. The molecule has 0 radical (unpaired) electrons. The molecule has 1 aliphatic heterocycles. The number of nitrogens with zero attached hydrogens (tertiary/aromatic N) is 1. The lowest BCUT2D eigenvalue weighted by Gasteiger charge is -2.20. The third-order valence-corrected chi connectivity index (χ3v) is 2.51. The van der Waals surface area contributed by atoms with Gasteiger partial charge in [0.1, 0.15) is 11.3 Å². The number of aromatic nitrogens is 1. The molecule has 1 N–H and O–H groups in total. The number of anilines is 1. The van der Waals surface area contributed by atoms with E-state index in [1.54, 1.807) is 18.5 Å². The Morgan fingerprint density at radius 1 is 1.53 bits per heavy atom. The molecule has 1 aromatic heterocycles. The van der Waals surface area contributed by atoms with Crippen molar-refractivity contribution < 1.29 is 4.74 Å². The Labute approximate surface area is 94.1 Å². The number of hydrogen-bond acceptors (Lipinski definition) is 3. The molecule has 1 atom stereocenters. The fourth-order valence-corrected chi connectivity index (χ4v) is 1.56. The highest BCUT2D eigenvalue weighted by Gasteiger charge is 2.09. The summed E-state index contributed by atoms with van der Waals surface area (Å²) < 4.78 is 5.43. The molecule has 0 saturated heterocycles. The quantitative estimate of drug-likeness (QED) is 0.802. The van der Waals surface area contributed by atoms with Gasteiger partial charge < -0.3 is 10.1 Å². The van der Waals surface area contributed by atoms with Crippen LogP contribution >= 0.6 is 11.6 Å². The molecule has 0 fully saturated rings. The van der Waals surface area contributed by atoms with Gasteiger partial charge in [0.2, 0.25) is 0 Å². The van der Waals surface area contributed by atoms with Gasteiger partial charge in [-0.1, -0.05) is 11.6 Å². The van der Waals surface area contributed by atoms with Crippen LogP contribution in [0.5, 0.6) is 0 Å². The van der Waals surface area contributed by atoms with E-state index in [0.29, 0.717) is 5.15 Å². The van der Waals surface area contributed by atoms with Crippen LogP contribution in [-0.2, 0) is 4.74 Å². The highest BCUT2D eigenvalue weighted by Crippen LogP contribution is 2.13. The molecule has 1 unspecified atom stereocenters. The zero-order chi connectivity index (χ0) is 10.5. The highest BCUT2D eigenvalue weighted by molar-refractivity contribution is 6.29. The second kappa shape index (κ2) is 5.03. The Kier molecular flexibility index (Phi) is 3.45. The van der Waals surface area contributed by atoms with E-state index in [-0.39, 0.29) is 6.10 Å². The van der Waals surface area contributed by atoms with E-state index in [0.717, 1.165) is 25.1 Å². The minimum absolute atomic E-state index is 0.255. The van der Waals surface area contributed by atoms with Crippen LogP contribution in [0.2, 0.25) is 5.15 Å². The van der Waals surface area contributed by atoms with Crippen LogP contribution in [0.15, 0.2) is 30.7 Å². The molecule has 0 saturated carbocycles. The van der Waals surface area contributed by atoms with E-state index in [2.05, 4.69) is 10.3 Å². The Hall–Kier alpha value is -1.22. The molecule has 0 aliphatic carbocycles. The normalized spacial score (nSPS) is 19.7. The molecular weight excluding hydrogens is 212 g/mol. The molecule has 0 aromatic carbocycles. The van der Waals surface area contributed by atoms with Gasteiger partial charge in [-0.25, -0.2) is 4.98 Å². The minimum Gasteiger partial charge on any atom is -0.497 e. The zero-order valence-electron chi connectivity index (χ0n) is 8.32. The maximum absolute atomic E-state index is 5.69. The Morgan fingerprint density at radius 2 is 2.47 bits per heavy atom. The predicted octanol–water partition coefficient (Wildman–Crippen LogP) is 2.84. The molecule has 0 bridgehead atoms. The molecule has 3 nitrogen and oxygen atoms in total. The second-order valence-corrected chi connectivity index (χ2v) is 3.84. The van der Waals surface area contributed by atoms with Crippen LogP contribution in [0.3, 0.4) is 0 Å². The second-order valence-electron chi connectivity index (χ2n) is 3.46. The lowest BCUT2D eigenvalue weighted by Crippen LogP contribution is -2.22. The van der Waals surface area contributed by atoms with Gasteiger partial charge in [-0.05, 0) is 31.1 Å². The third kappa shape index (κ3) is 3.13. The van der Waals surface area contributed by atoms with Crippen LogP contribution in [0.1, 0.15) is 12.8 Å². The molecule has 15 heavy (non-hydrogen) atoms. The average molecular weight is 225 g/mol. The van der Waals surface area contributed by atoms with Gasteiger partial charge in [0.15, 0.2) is 0 Å². The number of rotatable bonds is 3. The lowest BCUT2D eigenvalue weighted by molar-refractivity contribution is 0.135. The Morgan fingerprint density at radius 3 is 3.13 bits per heavy atom. The van der Waals surface area contributed by atoms with Crippen LogP contribution in [0.25, 0.3) is 0 Å². The van der Waals surface area contributed by atoms with Crippen molar-refractivity contribution in [3.8, 4) is 0 Å². The van der Waals surface area contributed by atoms with E-state index in [1.807, 2.05) is 12.1 Å². The van der Waals surface area contributed by atoms with Crippen LogP contribution in [0.4, 0.5) is 5.69 Å². The summed E-state index contributed by atoms with van der Waals surface area (Å²) in [5, 5.41) is 3.77. The number of ether oxygens (including phenoxy) is 1. The van der Waals surface area contributed by atoms with Gasteiger partial charge in [0, 0.05) is 0 Å². The van der Waals surface area contributed by atoms with Crippen molar-refractivity contribution in [1.29, 1.82) is 0 Å². The molecule has 1 aliphatic rings. The van der Waals surface area contributed by atoms with E-state index < -0.39 is 0 Å². The van der Waals surface area contributed by atoms with Crippen molar-refractivity contribution in [1.82, 2.24) is 4.98 Å². The van der Waals surface area contributed by atoms with Crippen LogP contribution in [0, 0.1) is 0 Å². The number of allylic oxidation sites excluding steroid dienone is 1. The molecule has 2 rings (SSSR count). The summed E-state index contributed by atoms with van der Waals surface area (Å²) in [6, 6.07) is 3.68. The average Bonchev–Trinajstić information content (AvgIpc) is 2.30. The fraction of sp³-hybridized carbons (Fsp3) is 0.364. The summed E-state index contributed by atoms with van der Waals surface area (Å²) in [5.74, 6) is 0. The van der Waals surface area contributed by atoms with Crippen molar-refractivity contribution >= 4 is 17.3 Å². The topological polar surface area (TPSA) is 34.1 Å². The monoisotopic (exact) mass is 224 g/mol. The number of hydrogen-bond donors (Lipinski definition) is 1. The summed E-state index contributed by atoms with van der Waals surface area (Å²) >= 11 is 5.69. The molecule has 4 heteroatoms. The molecular formula is C11H13ClN2O. The van der Waals surface area contributed by atoms with E-state index in [9.17, 15) is 0 Å². The Bertz CT molecular complexity index is 337. The third-order valence-electron chi connectivity index (χ3n) is 2.28. The van der Waals surface area contributed by atoms with Crippen molar-refractivity contribution in [2.45, 2.75) is 18.9 Å². The summed E-state index contributed by atoms with van der Waals surface area (Å²) in [6.45, 7) is 0.799. The lowest BCUT2D eigenvalue weighted by atomic mass is 10.1. The van der Waals surface area contributed by atoms with Gasteiger partial charge in [-0.2, -0.15) is 0 Å². The smallest absolute Gasteiger partial charge is 0.129 e. The number of halogens is 1. The highest BCUT2D eigenvalue weighted by atomic mass is 35.5. The van der Waals surface area contributed by atoms with Crippen molar-refractivity contribution in [2.75, 3.05) is 11.9 Å². The number of pyridine rings is 1. The fourth-order valence-electron chi connectivity index (χ4n) is 1.45.